The van der Waals surface area contributed by atoms with E-state index >= 15 is 0 Å². The van der Waals surface area contributed by atoms with Gasteiger partial charge >= 0.3 is 0 Å². The van der Waals surface area contributed by atoms with Gasteiger partial charge in [0.2, 0.25) is 0 Å². The number of benzene rings is 1. The molecule has 4 rings (SSSR count). The van der Waals surface area contributed by atoms with Gasteiger partial charge in [-0.25, -0.2) is 0 Å². The Morgan fingerprint density at radius 3 is 2.81 bits per heavy atom. The molecular weight excluding hydrogens is 436 g/mol. The highest BCUT2D eigenvalue weighted by molar-refractivity contribution is 7.81. The number of hydrogen-bond acceptors (Lipinski definition) is 7. The molecular formula is C22H27ClN4O3S. The fraction of sp³-hybridized carbons (Fsp3) is 0.455. The number of amides is 1. The Bertz CT molecular complexity index is 891. The maximum atomic E-state index is 12.3. The van der Waals surface area contributed by atoms with E-state index in [1.165, 1.54) is 5.69 Å². The molecule has 9 heteroatoms. The molecule has 31 heavy (non-hydrogen) atoms. The van der Waals surface area contributed by atoms with Gasteiger partial charge in [-0.3, -0.25) is 9.63 Å². The molecule has 1 aromatic rings. The molecule has 0 bridgehead atoms. The maximum Gasteiger partial charge on any atom is 0.252 e. The number of thiocarbonyl (C=S) groups is 1. The molecule has 2 aliphatic heterocycles. The Hall–Kier alpha value is -1.97. The Kier molecular flexibility index (Phi) is 6.93. The van der Waals surface area contributed by atoms with Crippen molar-refractivity contribution >= 4 is 46.0 Å². The lowest BCUT2D eigenvalue weighted by atomic mass is 10.0. The van der Waals surface area contributed by atoms with E-state index in [0.717, 1.165) is 25.3 Å². The molecule has 1 aromatic carbocycles. The first kappa shape index (κ1) is 22.2. The Labute approximate surface area is 192 Å². The number of allylic oxidation sites excluding steroid dienone is 3. The van der Waals surface area contributed by atoms with Crippen LogP contribution in [0.1, 0.15) is 6.42 Å². The van der Waals surface area contributed by atoms with Crippen molar-refractivity contribution in [1.82, 2.24) is 10.4 Å². The lowest BCUT2D eigenvalue weighted by Crippen LogP contribution is -2.37. The monoisotopic (exact) mass is 462 g/mol. The predicted molar refractivity (Wildman–Crippen MR) is 126 cm³/mol. The number of hydroxylamine groups is 2. The number of anilines is 2. The molecule has 7 nitrogen and oxygen atoms in total. The van der Waals surface area contributed by atoms with Gasteiger partial charge in [-0.15, -0.1) is 0 Å². The minimum Gasteiger partial charge on any atom is -0.389 e. The molecule has 0 aromatic heterocycles. The van der Waals surface area contributed by atoms with E-state index in [0.29, 0.717) is 34.4 Å². The fourth-order valence-electron chi connectivity index (χ4n) is 4.12. The number of aliphatic hydroxyl groups is 1. The van der Waals surface area contributed by atoms with Crippen molar-refractivity contribution in [2.24, 2.45) is 5.92 Å². The average Bonchev–Trinajstić information content (AvgIpc) is 3.30. The molecule has 0 radical (unpaired) electrons. The van der Waals surface area contributed by atoms with E-state index < -0.39 is 6.10 Å². The normalized spacial score (nSPS) is 24.5. The number of aliphatic hydroxyl groups excluding tert-OH is 1. The van der Waals surface area contributed by atoms with E-state index in [9.17, 15) is 9.90 Å². The molecule has 3 atom stereocenters. The van der Waals surface area contributed by atoms with Crippen LogP contribution in [0, 0.1) is 5.92 Å². The van der Waals surface area contributed by atoms with Crippen molar-refractivity contribution in [1.29, 1.82) is 0 Å². The molecule has 166 valence electrons. The number of nitrogens with one attached hydrogen (secondary N) is 2. The molecule has 1 aliphatic carbocycles. The van der Waals surface area contributed by atoms with Gasteiger partial charge in [-0.2, -0.15) is 5.06 Å². The minimum absolute atomic E-state index is 0.121. The van der Waals surface area contributed by atoms with Crippen molar-refractivity contribution in [2.75, 3.05) is 50.0 Å². The summed E-state index contributed by atoms with van der Waals surface area (Å²) in [6.45, 7) is 3.32. The van der Waals surface area contributed by atoms with Crippen LogP contribution < -0.4 is 15.5 Å². The van der Waals surface area contributed by atoms with Crippen LogP contribution in [0.25, 0.3) is 0 Å². The van der Waals surface area contributed by atoms with Gasteiger partial charge < -0.3 is 20.6 Å². The summed E-state index contributed by atoms with van der Waals surface area (Å²) < 4.78 is 0. The van der Waals surface area contributed by atoms with Crippen molar-refractivity contribution in [3.05, 3.63) is 47.0 Å². The summed E-state index contributed by atoms with van der Waals surface area (Å²) in [5.74, 6) is 0.240. The van der Waals surface area contributed by atoms with Gasteiger partial charge in [0, 0.05) is 73.4 Å². The Morgan fingerprint density at radius 2 is 2.06 bits per heavy atom. The average molecular weight is 463 g/mol. The van der Waals surface area contributed by atoms with Crippen LogP contribution in [0.2, 0.25) is 0 Å². The molecule has 2 fully saturated rings. The van der Waals surface area contributed by atoms with Gasteiger partial charge in [0.15, 0.2) is 0 Å². The van der Waals surface area contributed by atoms with Crippen LogP contribution in [0.3, 0.4) is 0 Å². The van der Waals surface area contributed by atoms with Crippen LogP contribution in [0.4, 0.5) is 11.4 Å². The van der Waals surface area contributed by atoms with Gasteiger partial charge in [-0.1, -0.05) is 29.9 Å². The number of nitrogens with zero attached hydrogens (tertiary/aromatic N) is 2. The number of rotatable bonds is 7. The maximum absolute atomic E-state index is 12.3. The number of halogens is 1. The van der Waals surface area contributed by atoms with E-state index in [2.05, 4.69) is 27.7 Å². The summed E-state index contributed by atoms with van der Waals surface area (Å²) in [4.78, 5) is 21.0. The van der Waals surface area contributed by atoms with Crippen LogP contribution in [-0.2, 0) is 9.63 Å². The highest BCUT2D eigenvalue weighted by atomic mass is 35.5. The third-order valence-electron chi connectivity index (χ3n) is 5.77. The second-order valence-electron chi connectivity index (χ2n) is 8.19. The first-order valence-electron chi connectivity index (χ1n) is 10.4. The lowest BCUT2D eigenvalue weighted by Gasteiger charge is -2.21. The topological polar surface area (TPSA) is 77.1 Å². The number of fused-ring (bicyclic) bond motifs is 1. The van der Waals surface area contributed by atoms with Crippen LogP contribution in [0.15, 0.2) is 47.0 Å². The number of carbonyl (C=O) groups excluding carboxylic acids is 1. The molecule has 2 heterocycles. The van der Waals surface area contributed by atoms with E-state index in [-0.39, 0.29) is 18.6 Å². The molecule has 0 spiro atoms. The molecule has 2 saturated heterocycles. The highest BCUT2D eigenvalue weighted by Gasteiger charge is 2.40. The molecule has 0 saturated carbocycles. The van der Waals surface area contributed by atoms with Gasteiger partial charge in [0.25, 0.3) is 5.91 Å². The standard InChI is InChI=1S/C22H27ClN4O3S/c1-26-11-14-12-27(13-20(14)30-26)17-5-3-16(4-6-17)24-9-18(28)10-25-22(29)19-8-15(23)2-7-21(19)31/h2-6,8,14,18,20,24,28H,7,9-13H2,1H3,(H,25,29). The largest absolute Gasteiger partial charge is 0.389 e. The summed E-state index contributed by atoms with van der Waals surface area (Å²) in [5.41, 5.74) is 2.47. The number of hydrogen-bond donors (Lipinski definition) is 3. The van der Waals surface area contributed by atoms with Crippen molar-refractivity contribution in [3.8, 4) is 0 Å². The summed E-state index contributed by atoms with van der Waals surface area (Å²) in [5, 5.41) is 18.6. The first-order chi connectivity index (χ1) is 14.9. The summed E-state index contributed by atoms with van der Waals surface area (Å²) in [7, 11) is 1.98. The molecule has 1 amide bonds. The smallest absolute Gasteiger partial charge is 0.252 e. The van der Waals surface area contributed by atoms with Crippen LogP contribution in [-0.4, -0.2) is 72.9 Å². The molecule has 3 N–H and O–H groups in total. The van der Waals surface area contributed by atoms with Gasteiger partial charge in [0.05, 0.1) is 11.7 Å². The van der Waals surface area contributed by atoms with Crippen molar-refractivity contribution < 1.29 is 14.7 Å². The predicted octanol–water partition coefficient (Wildman–Crippen LogP) is 2.08. The summed E-state index contributed by atoms with van der Waals surface area (Å²) >= 11 is 11.2. The third-order valence-corrected chi connectivity index (χ3v) is 6.42. The fourth-order valence-corrected chi connectivity index (χ4v) is 4.55. The SMILES string of the molecule is CN1CC2CN(c3ccc(NCC(O)CNC(=O)C4=CC(Cl)=CCC4=S)cc3)CC2O1. The molecule has 3 aliphatic rings. The van der Waals surface area contributed by atoms with Gasteiger partial charge in [-0.05, 0) is 30.3 Å². The highest BCUT2D eigenvalue weighted by Crippen LogP contribution is 2.31. The van der Waals surface area contributed by atoms with Crippen molar-refractivity contribution in [3.63, 3.8) is 0 Å². The third kappa shape index (κ3) is 5.45. The minimum atomic E-state index is -0.737. The zero-order chi connectivity index (χ0) is 22.0. The Balaban J connectivity index is 1.21. The summed E-state index contributed by atoms with van der Waals surface area (Å²) in [6.07, 6.45) is 3.36. The van der Waals surface area contributed by atoms with Crippen molar-refractivity contribution in [2.45, 2.75) is 18.6 Å². The van der Waals surface area contributed by atoms with E-state index in [1.54, 1.807) is 12.2 Å². The van der Waals surface area contributed by atoms with Gasteiger partial charge in [0.1, 0.15) is 6.10 Å². The zero-order valence-electron chi connectivity index (χ0n) is 17.4. The Morgan fingerprint density at radius 1 is 1.29 bits per heavy atom. The van der Waals surface area contributed by atoms with Crippen LogP contribution in [0.5, 0.6) is 0 Å². The second-order valence-corrected chi connectivity index (χ2v) is 9.11. The van der Waals surface area contributed by atoms with Crippen LogP contribution >= 0.6 is 23.8 Å². The van der Waals surface area contributed by atoms with E-state index in [1.807, 2.05) is 24.2 Å². The quantitative estimate of drug-likeness (QED) is 0.535. The molecule has 3 unspecified atom stereocenters. The lowest BCUT2D eigenvalue weighted by molar-refractivity contribution is -0.122. The summed E-state index contributed by atoms with van der Waals surface area (Å²) in [6, 6.07) is 8.16. The second kappa shape index (κ2) is 9.67. The zero-order valence-corrected chi connectivity index (χ0v) is 19.0. The first-order valence-corrected chi connectivity index (χ1v) is 11.2. The number of carbonyl (C=O) groups is 1. The van der Waals surface area contributed by atoms with E-state index in [4.69, 9.17) is 28.7 Å².